The molecule has 3 saturated heterocycles. The number of hydrogen-bond donors (Lipinski definition) is 1. The zero-order chi connectivity index (χ0) is 19.7. The first kappa shape index (κ1) is 19.8. The van der Waals surface area contributed by atoms with E-state index in [0.29, 0.717) is 12.3 Å². The summed E-state index contributed by atoms with van der Waals surface area (Å²) in [5, 5.41) is 8.71. The molecule has 3 heterocycles. The molecule has 0 aromatic rings. The molecule has 0 aromatic carbocycles. The molecule has 28 heavy (non-hydrogen) atoms. The van der Waals surface area contributed by atoms with Crippen LogP contribution >= 0.6 is 0 Å². The van der Waals surface area contributed by atoms with Gasteiger partial charge in [-0.1, -0.05) is 44.4 Å². The summed E-state index contributed by atoms with van der Waals surface area (Å²) in [6.45, 7) is 2.12. The quantitative estimate of drug-likeness (QED) is 0.279. The van der Waals surface area contributed by atoms with Crippen LogP contribution in [0.5, 0.6) is 0 Å². The molecule has 1 N–H and O–H groups in total. The highest BCUT2D eigenvalue weighted by molar-refractivity contribution is 5.94. The molecular weight excluding hydrogens is 356 g/mol. The minimum atomic E-state index is -0.742. The van der Waals surface area contributed by atoms with Crippen molar-refractivity contribution < 1.29 is 24.2 Å². The van der Waals surface area contributed by atoms with Crippen LogP contribution in [0, 0.1) is 17.3 Å². The van der Waals surface area contributed by atoms with Gasteiger partial charge in [0.2, 0.25) is 0 Å². The first-order valence-corrected chi connectivity index (χ1v) is 10.9. The maximum atomic E-state index is 12.8. The van der Waals surface area contributed by atoms with E-state index < -0.39 is 5.97 Å². The summed E-state index contributed by atoms with van der Waals surface area (Å²) in [5.41, 5.74) is -0.189. The maximum Gasteiger partial charge on any atom is 0.303 e. The van der Waals surface area contributed by atoms with E-state index in [1.807, 2.05) is 6.08 Å². The van der Waals surface area contributed by atoms with Crippen molar-refractivity contribution in [1.82, 2.24) is 0 Å². The first-order valence-electron chi connectivity index (χ1n) is 10.9. The topological polar surface area (TPSA) is 76.1 Å². The van der Waals surface area contributed by atoms with Crippen molar-refractivity contribution in [1.29, 1.82) is 0 Å². The summed E-state index contributed by atoms with van der Waals surface area (Å²) in [5.74, 6) is 0.0980. The number of ketones is 1. The standard InChI is InChI=1S/C23H32O5/c1-23(13-7-4-8-14-23)17(24)12-11-16-15(9-5-2-3-6-10-18(25)26)19-21-22(28-21)20(16)27-19/h2,5,11-12,15-16,19-22H,3-4,6-10,13-14H2,1H3,(H,25,26)/b5-2-,12-11+/t15-,16+,19+,20-,21-,22+/m0/s1. The van der Waals surface area contributed by atoms with E-state index in [9.17, 15) is 9.59 Å². The highest BCUT2D eigenvalue weighted by atomic mass is 16.7. The number of epoxide rings is 1. The van der Waals surface area contributed by atoms with E-state index in [-0.39, 0.29) is 48.0 Å². The smallest absolute Gasteiger partial charge is 0.303 e. The van der Waals surface area contributed by atoms with Crippen LogP contribution in [0.2, 0.25) is 0 Å². The van der Waals surface area contributed by atoms with Gasteiger partial charge in [-0.25, -0.2) is 0 Å². The lowest BCUT2D eigenvalue weighted by Crippen LogP contribution is -2.32. The highest BCUT2D eigenvalue weighted by Gasteiger charge is 2.68. The highest BCUT2D eigenvalue weighted by Crippen LogP contribution is 2.55. The molecule has 0 aromatic heterocycles. The van der Waals surface area contributed by atoms with Crippen molar-refractivity contribution in [3.05, 3.63) is 24.3 Å². The van der Waals surface area contributed by atoms with Crippen LogP contribution in [-0.2, 0) is 19.1 Å². The van der Waals surface area contributed by atoms with Gasteiger partial charge in [0.15, 0.2) is 5.78 Å². The monoisotopic (exact) mass is 388 g/mol. The third kappa shape index (κ3) is 3.97. The molecule has 4 fully saturated rings. The average molecular weight is 389 g/mol. The van der Waals surface area contributed by atoms with Gasteiger partial charge in [-0.2, -0.15) is 0 Å². The molecule has 2 bridgehead atoms. The number of ether oxygens (including phenoxy) is 2. The van der Waals surface area contributed by atoms with Crippen LogP contribution in [-0.4, -0.2) is 41.3 Å². The molecule has 6 atom stereocenters. The summed E-state index contributed by atoms with van der Waals surface area (Å²) in [7, 11) is 0. The molecule has 3 aliphatic heterocycles. The molecule has 0 radical (unpaired) electrons. The Morgan fingerprint density at radius 2 is 1.75 bits per heavy atom. The minimum absolute atomic E-state index is 0.0867. The zero-order valence-corrected chi connectivity index (χ0v) is 16.7. The van der Waals surface area contributed by atoms with Gasteiger partial charge in [0, 0.05) is 23.7 Å². The number of hydrogen-bond acceptors (Lipinski definition) is 4. The Morgan fingerprint density at radius 1 is 1.04 bits per heavy atom. The number of carboxylic acid groups (broad SMARTS) is 1. The number of unbranched alkanes of at least 4 members (excludes halogenated alkanes) is 1. The second-order valence-corrected chi connectivity index (χ2v) is 9.21. The number of carboxylic acids is 1. The van der Waals surface area contributed by atoms with E-state index in [1.165, 1.54) is 6.42 Å². The summed E-state index contributed by atoms with van der Waals surface area (Å²) in [4.78, 5) is 23.4. The van der Waals surface area contributed by atoms with Gasteiger partial charge in [-0.3, -0.25) is 9.59 Å². The van der Waals surface area contributed by atoms with Crippen molar-refractivity contribution in [3.63, 3.8) is 0 Å². The molecule has 0 amide bonds. The van der Waals surface area contributed by atoms with E-state index in [4.69, 9.17) is 14.6 Å². The van der Waals surface area contributed by atoms with Gasteiger partial charge in [0.25, 0.3) is 0 Å². The molecule has 5 heteroatoms. The molecule has 1 aliphatic carbocycles. The van der Waals surface area contributed by atoms with E-state index in [2.05, 4.69) is 25.2 Å². The Hall–Kier alpha value is -1.46. The van der Waals surface area contributed by atoms with Crippen molar-refractivity contribution in [2.45, 2.75) is 89.1 Å². The largest absolute Gasteiger partial charge is 0.481 e. The van der Waals surface area contributed by atoms with Crippen LogP contribution in [0.4, 0.5) is 0 Å². The molecule has 0 unspecified atom stereocenters. The summed E-state index contributed by atoms with van der Waals surface area (Å²) < 4.78 is 12.0. The van der Waals surface area contributed by atoms with Gasteiger partial charge < -0.3 is 14.6 Å². The Labute approximate surface area is 167 Å². The number of carbonyl (C=O) groups excluding carboxylic acids is 1. The predicted molar refractivity (Wildman–Crippen MR) is 105 cm³/mol. The summed E-state index contributed by atoms with van der Waals surface area (Å²) >= 11 is 0. The number of fused-ring (bicyclic) bond motifs is 5. The molecule has 5 nitrogen and oxygen atoms in total. The summed E-state index contributed by atoms with van der Waals surface area (Å²) in [6, 6.07) is 0. The molecule has 1 saturated carbocycles. The van der Waals surface area contributed by atoms with Crippen molar-refractivity contribution in [2.24, 2.45) is 17.3 Å². The Bertz CT molecular complexity index is 660. The Balaban J connectivity index is 1.35. The normalized spacial score (nSPS) is 38.2. The fourth-order valence-corrected chi connectivity index (χ4v) is 5.38. The van der Waals surface area contributed by atoms with Gasteiger partial charge in [-0.05, 0) is 38.2 Å². The third-order valence-corrected chi connectivity index (χ3v) is 7.18. The maximum absolute atomic E-state index is 12.8. The SMILES string of the molecule is CC1(C(=O)/C=C/[C@@H]2[C@H](C/C=C\CCCC(=O)O)[C@H]3O[C@@H]2[C@H]2O[C@H]23)CCCCC1. The predicted octanol–water partition coefficient (Wildman–Crippen LogP) is 4.06. The molecule has 4 aliphatic rings. The lowest BCUT2D eigenvalue weighted by atomic mass is 9.72. The number of aliphatic carboxylic acids is 1. The van der Waals surface area contributed by atoms with E-state index in [0.717, 1.165) is 38.5 Å². The van der Waals surface area contributed by atoms with Crippen LogP contribution < -0.4 is 0 Å². The number of rotatable bonds is 9. The van der Waals surface area contributed by atoms with Gasteiger partial charge in [0.1, 0.15) is 12.2 Å². The number of allylic oxidation sites excluding steroid dienone is 3. The minimum Gasteiger partial charge on any atom is -0.481 e. The second kappa shape index (κ2) is 8.11. The lowest BCUT2D eigenvalue weighted by molar-refractivity contribution is -0.137. The Kier molecular flexibility index (Phi) is 5.75. The number of carbonyl (C=O) groups is 2. The third-order valence-electron chi connectivity index (χ3n) is 7.18. The fraction of sp³-hybridized carbons (Fsp3) is 0.739. The Morgan fingerprint density at radius 3 is 2.50 bits per heavy atom. The van der Waals surface area contributed by atoms with Crippen LogP contribution in [0.3, 0.4) is 0 Å². The molecule has 154 valence electrons. The van der Waals surface area contributed by atoms with Crippen molar-refractivity contribution in [3.8, 4) is 0 Å². The van der Waals surface area contributed by atoms with Crippen LogP contribution in [0.15, 0.2) is 24.3 Å². The lowest BCUT2D eigenvalue weighted by Gasteiger charge is -2.31. The average Bonchev–Trinajstić information content (AvgIpc) is 3.30. The van der Waals surface area contributed by atoms with Crippen LogP contribution in [0.25, 0.3) is 0 Å². The van der Waals surface area contributed by atoms with Gasteiger partial charge in [-0.15, -0.1) is 0 Å². The first-order chi connectivity index (χ1) is 13.5. The van der Waals surface area contributed by atoms with Gasteiger partial charge in [0.05, 0.1) is 12.2 Å². The molecule has 4 rings (SSSR count). The second-order valence-electron chi connectivity index (χ2n) is 9.21. The van der Waals surface area contributed by atoms with Gasteiger partial charge >= 0.3 is 5.97 Å². The van der Waals surface area contributed by atoms with E-state index in [1.54, 1.807) is 0 Å². The van der Waals surface area contributed by atoms with Crippen molar-refractivity contribution in [2.75, 3.05) is 0 Å². The fourth-order valence-electron chi connectivity index (χ4n) is 5.38. The molecule has 0 spiro atoms. The van der Waals surface area contributed by atoms with Crippen molar-refractivity contribution >= 4 is 11.8 Å². The summed E-state index contributed by atoms with van der Waals surface area (Å²) in [6.07, 6.45) is 17.0. The zero-order valence-electron chi connectivity index (χ0n) is 16.7. The van der Waals surface area contributed by atoms with E-state index >= 15 is 0 Å². The van der Waals surface area contributed by atoms with Crippen LogP contribution in [0.1, 0.15) is 64.7 Å². The molecular formula is C23H32O5.